The van der Waals surface area contributed by atoms with Crippen LogP contribution in [0.2, 0.25) is 0 Å². The summed E-state index contributed by atoms with van der Waals surface area (Å²) in [6, 6.07) is 10.2. The maximum absolute atomic E-state index is 13.3. The normalized spacial score (nSPS) is 10.4. The number of benzene rings is 1. The molecule has 3 N–H and O–H groups in total. The van der Waals surface area contributed by atoms with E-state index in [2.05, 4.69) is 35.9 Å². The molecule has 0 spiro atoms. The van der Waals surface area contributed by atoms with Crippen LogP contribution in [0.1, 0.15) is 20.7 Å². The van der Waals surface area contributed by atoms with Gasteiger partial charge in [0.25, 0.3) is 5.91 Å². The van der Waals surface area contributed by atoms with Crippen LogP contribution in [-0.4, -0.2) is 46.3 Å². The van der Waals surface area contributed by atoms with E-state index in [1.807, 2.05) is 0 Å². The molecule has 0 fully saturated rings. The lowest BCUT2D eigenvalue weighted by atomic mass is 10.1. The Kier molecular flexibility index (Phi) is 6.86. The SMILES string of the molecule is CNC(=O)c1cnc(Nc2ccc(C=O)cn2)cc1Nc1cccc(-c2ncc(F)cn2)c1OC. The Morgan fingerprint density at radius 2 is 1.71 bits per heavy atom. The van der Waals surface area contributed by atoms with Gasteiger partial charge >= 0.3 is 0 Å². The van der Waals surface area contributed by atoms with Gasteiger partial charge in [0.05, 0.1) is 42.0 Å². The van der Waals surface area contributed by atoms with E-state index >= 15 is 0 Å². The molecule has 0 atom stereocenters. The molecule has 0 saturated heterocycles. The maximum atomic E-state index is 13.3. The van der Waals surface area contributed by atoms with E-state index in [4.69, 9.17) is 4.74 Å². The van der Waals surface area contributed by atoms with Crippen LogP contribution < -0.4 is 20.7 Å². The molecule has 0 aliphatic carbocycles. The van der Waals surface area contributed by atoms with Crippen molar-refractivity contribution in [3.63, 3.8) is 0 Å². The molecule has 10 nitrogen and oxygen atoms in total. The second kappa shape index (κ2) is 10.3. The summed E-state index contributed by atoms with van der Waals surface area (Å²) in [6.07, 6.45) is 5.70. The molecule has 35 heavy (non-hydrogen) atoms. The molecule has 4 rings (SSSR count). The Hall–Kier alpha value is -4.93. The summed E-state index contributed by atoms with van der Waals surface area (Å²) in [5.41, 5.74) is 2.21. The summed E-state index contributed by atoms with van der Waals surface area (Å²) in [7, 11) is 3.01. The molecule has 4 aromatic rings. The molecule has 176 valence electrons. The number of halogens is 1. The highest BCUT2D eigenvalue weighted by Crippen LogP contribution is 2.37. The number of rotatable bonds is 8. The monoisotopic (exact) mass is 473 g/mol. The quantitative estimate of drug-likeness (QED) is 0.328. The second-order valence-electron chi connectivity index (χ2n) is 7.15. The van der Waals surface area contributed by atoms with Crippen molar-refractivity contribution in [3.05, 3.63) is 78.1 Å². The number of hydrogen-bond donors (Lipinski definition) is 3. The van der Waals surface area contributed by atoms with Gasteiger partial charge < -0.3 is 20.7 Å². The number of aromatic nitrogens is 4. The van der Waals surface area contributed by atoms with Gasteiger partial charge in [0, 0.05) is 31.1 Å². The third kappa shape index (κ3) is 5.19. The van der Waals surface area contributed by atoms with Crippen molar-refractivity contribution < 1.29 is 18.7 Å². The first-order valence-electron chi connectivity index (χ1n) is 10.3. The number of amides is 1. The van der Waals surface area contributed by atoms with E-state index in [1.165, 1.54) is 26.6 Å². The van der Waals surface area contributed by atoms with E-state index < -0.39 is 5.82 Å². The highest BCUT2D eigenvalue weighted by Gasteiger charge is 2.17. The Bertz CT molecular complexity index is 1360. The summed E-state index contributed by atoms with van der Waals surface area (Å²) in [5, 5.41) is 8.84. The first kappa shape index (κ1) is 23.2. The molecule has 3 heterocycles. The number of pyridine rings is 2. The molecule has 3 aromatic heterocycles. The number of carbonyl (C=O) groups is 2. The predicted molar refractivity (Wildman–Crippen MR) is 128 cm³/mol. The molecule has 0 unspecified atom stereocenters. The van der Waals surface area contributed by atoms with Crippen molar-refractivity contribution in [3.8, 4) is 17.1 Å². The topological polar surface area (TPSA) is 131 Å². The van der Waals surface area contributed by atoms with Gasteiger partial charge in [0.15, 0.2) is 23.7 Å². The number of aldehydes is 1. The zero-order valence-corrected chi connectivity index (χ0v) is 18.7. The number of hydrogen-bond acceptors (Lipinski definition) is 9. The van der Waals surface area contributed by atoms with Crippen molar-refractivity contribution in [2.24, 2.45) is 0 Å². The van der Waals surface area contributed by atoms with E-state index in [9.17, 15) is 14.0 Å². The molecule has 0 radical (unpaired) electrons. The molecule has 1 aromatic carbocycles. The molecule has 0 bridgehead atoms. The van der Waals surface area contributed by atoms with Crippen LogP contribution in [0.15, 0.2) is 61.2 Å². The van der Waals surface area contributed by atoms with Gasteiger partial charge in [-0.15, -0.1) is 0 Å². The highest BCUT2D eigenvalue weighted by atomic mass is 19.1. The van der Waals surface area contributed by atoms with Gasteiger partial charge in [0.1, 0.15) is 11.6 Å². The van der Waals surface area contributed by atoms with Crippen molar-refractivity contribution in [1.82, 2.24) is 25.3 Å². The summed E-state index contributed by atoms with van der Waals surface area (Å²) >= 11 is 0. The Morgan fingerprint density at radius 1 is 0.943 bits per heavy atom. The van der Waals surface area contributed by atoms with E-state index in [1.54, 1.807) is 36.4 Å². The largest absolute Gasteiger partial charge is 0.494 e. The molecule has 11 heteroatoms. The molecule has 0 aliphatic heterocycles. The maximum Gasteiger partial charge on any atom is 0.254 e. The van der Waals surface area contributed by atoms with Gasteiger partial charge in [-0.05, 0) is 24.3 Å². The lowest BCUT2D eigenvalue weighted by Crippen LogP contribution is -2.19. The summed E-state index contributed by atoms with van der Waals surface area (Å²) in [6.45, 7) is 0. The number of nitrogens with one attached hydrogen (secondary N) is 3. The van der Waals surface area contributed by atoms with Crippen molar-refractivity contribution in [2.75, 3.05) is 24.8 Å². The molecule has 0 aliphatic rings. The lowest BCUT2D eigenvalue weighted by molar-refractivity contribution is 0.0963. The average Bonchev–Trinajstić information content (AvgIpc) is 2.89. The van der Waals surface area contributed by atoms with Crippen LogP contribution >= 0.6 is 0 Å². The number of nitrogens with zero attached hydrogens (tertiary/aromatic N) is 4. The fourth-order valence-corrected chi connectivity index (χ4v) is 3.25. The predicted octanol–water partition coefficient (Wildman–Crippen LogP) is 3.74. The van der Waals surface area contributed by atoms with Crippen molar-refractivity contribution in [2.45, 2.75) is 0 Å². The van der Waals surface area contributed by atoms with Crippen LogP contribution in [0, 0.1) is 5.82 Å². The number of ether oxygens (including phenoxy) is 1. The van der Waals surface area contributed by atoms with Crippen molar-refractivity contribution >= 4 is 35.2 Å². The van der Waals surface area contributed by atoms with Crippen LogP contribution in [0.5, 0.6) is 5.75 Å². The van der Waals surface area contributed by atoms with Crippen LogP contribution in [0.3, 0.4) is 0 Å². The van der Waals surface area contributed by atoms with Gasteiger partial charge in [-0.2, -0.15) is 0 Å². The van der Waals surface area contributed by atoms with Crippen molar-refractivity contribution in [1.29, 1.82) is 0 Å². The zero-order chi connectivity index (χ0) is 24.8. The minimum Gasteiger partial charge on any atom is -0.494 e. The standard InChI is InChI=1S/C24H20FN7O3/c1-26-24(34)17-12-28-21(32-20-7-6-14(13-33)9-27-20)8-19(17)31-18-5-3-4-16(22(18)35-2)23-29-10-15(25)11-30-23/h3-13H,1-2H3,(H,26,34)(H2,27,28,31,32). The summed E-state index contributed by atoms with van der Waals surface area (Å²) < 4.78 is 18.9. The summed E-state index contributed by atoms with van der Waals surface area (Å²) in [5.74, 6) is 0.652. The number of carbonyl (C=O) groups excluding carboxylic acids is 2. The molecule has 1 amide bonds. The molecular formula is C24H20FN7O3. The lowest BCUT2D eigenvalue weighted by Gasteiger charge is -2.17. The molecule has 0 saturated carbocycles. The van der Waals surface area contributed by atoms with Crippen LogP contribution in [-0.2, 0) is 0 Å². The van der Waals surface area contributed by atoms with E-state index in [-0.39, 0.29) is 17.3 Å². The average molecular weight is 473 g/mol. The number of methoxy groups -OCH3 is 1. The van der Waals surface area contributed by atoms with Crippen LogP contribution in [0.4, 0.5) is 27.4 Å². The minimum atomic E-state index is -0.552. The second-order valence-corrected chi connectivity index (χ2v) is 7.15. The minimum absolute atomic E-state index is 0.278. The first-order chi connectivity index (χ1) is 17.0. The third-order valence-electron chi connectivity index (χ3n) is 4.90. The third-order valence-corrected chi connectivity index (χ3v) is 4.90. The van der Waals surface area contributed by atoms with Crippen LogP contribution in [0.25, 0.3) is 11.4 Å². The smallest absolute Gasteiger partial charge is 0.254 e. The summed E-state index contributed by atoms with van der Waals surface area (Å²) in [4.78, 5) is 39.9. The first-order valence-corrected chi connectivity index (χ1v) is 10.3. The Balaban J connectivity index is 1.71. The van der Waals surface area contributed by atoms with Gasteiger partial charge in [-0.1, -0.05) is 6.07 Å². The van der Waals surface area contributed by atoms with Gasteiger partial charge in [0.2, 0.25) is 0 Å². The fourth-order valence-electron chi connectivity index (χ4n) is 3.25. The highest BCUT2D eigenvalue weighted by molar-refractivity contribution is 6.00. The fraction of sp³-hybridized carbons (Fsp3) is 0.0833. The van der Waals surface area contributed by atoms with Gasteiger partial charge in [-0.3, -0.25) is 9.59 Å². The number of para-hydroxylation sites is 1. The molecular weight excluding hydrogens is 453 g/mol. The number of anilines is 4. The van der Waals surface area contributed by atoms with E-state index in [0.29, 0.717) is 46.2 Å². The zero-order valence-electron chi connectivity index (χ0n) is 18.7. The van der Waals surface area contributed by atoms with E-state index in [0.717, 1.165) is 12.4 Å². The Morgan fingerprint density at radius 3 is 2.37 bits per heavy atom. The Labute approximate surface area is 199 Å². The van der Waals surface area contributed by atoms with Gasteiger partial charge in [-0.25, -0.2) is 24.3 Å².